The Morgan fingerprint density at radius 3 is 2.60 bits per heavy atom. The number of halogens is 1. The zero-order chi connectivity index (χ0) is 29.6. The third-order valence-corrected chi connectivity index (χ3v) is 9.84. The number of benzene rings is 1. The Bertz CT molecular complexity index is 1730. The summed E-state index contributed by atoms with van der Waals surface area (Å²) in [4.78, 5) is 49.3. The average Bonchev–Trinajstić information content (AvgIpc) is 3.58. The summed E-state index contributed by atoms with van der Waals surface area (Å²) in [6, 6.07) is 7.41. The van der Waals surface area contributed by atoms with Crippen LogP contribution in [0.5, 0.6) is 0 Å². The van der Waals surface area contributed by atoms with Crippen LogP contribution in [0.1, 0.15) is 50.3 Å². The van der Waals surface area contributed by atoms with Gasteiger partial charge in [0.2, 0.25) is 11.8 Å². The second-order valence-corrected chi connectivity index (χ2v) is 12.7. The Balaban J connectivity index is 1.56. The molecule has 5 heterocycles. The standard InChI is InChI=1S/C30H33ClN4O6S/c1-18-23-26(36)35(30(2,3)28(37)33-12-6-13-33)29(38)34(27(23)42-24(18)25-32-11-16-40-25)17-22(20-7-4-5-8-21(20)31)41-19-9-14-39-15-10-19/h4-5,7-8,11,16,19,22H,6,9-10,12-15,17H2,1-3H3/t22-/m0/s1. The maximum atomic E-state index is 14.4. The molecule has 0 aliphatic carbocycles. The summed E-state index contributed by atoms with van der Waals surface area (Å²) in [7, 11) is 0. The predicted octanol–water partition coefficient (Wildman–Crippen LogP) is 4.75. The Morgan fingerprint density at radius 2 is 1.95 bits per heavy atom. The first-order chi connectivity index (χ1) is 20.2. The maximum Gasteiger partial charge on any atom is 0.333 e. The number of aromatic nitrogens is 3. The van der Waals surface area contributed by atoms with E-state index >= 15 is 0 Å². The first-order valence-electron chi connectivity index (χ1n) is 14.1. The van der Waals surface area contributed by atoms with Crippen LogP contribution in [0.3, 0.4) is 0 Å². The molecule has 0 radical (unpaired) electrons. The molecular weight excluding hydrogens is 580 g/mol. The first-order valence-corrected chi connectivity index (χ1v) is 15.3. The van der Waals surface area contributed by atoms with E-state index in [2.05, 4.69) is 4.98 Å². The molecule has 12 heteroatoms. The number of rotatable bonds is 8. The minimum atomic E-state index is -1.41. The van der Waals surface area contributed by atoms with Gasteiger partial charge in [-0.3, -0.25) is 14.2 Å². The van der Waals surface area contributed by atoms with Gasteiger partial charge in [-0.1, -0.05) is 29.8 Å². The normalized spacial score (nSPS) is 17.0. The van der Waals surface area contributed by atoms with Crippen molar-refractivity contribution >= 4 is 39.1 Å². The van der Waals surface area contributed by atoms with Gasteiger partial charge in [0.1, 0.15) is 22.7 Å². The number of nitrogens with zero attached hydrogens (tertiary/aromatic N) is 4. The van der Waals surface area contributed by atoms with Gasteiger partial charge in [0.05, 0.1) is 29.1 Å². The zero-order valence-corrected chi connectivity index (χ0v) is 25.4. The average molecular weight is 613 g/mol. The Labute approximate surface area is 251 Å². The summed E-state index contributed by atoms with van der Waals surface area (Å²) in [5.74, 6) is 0.0939. The van der Waals surface area contributed by atoms with E-state index in [-0.39, 0.29) is 18.6 Å². The summed E-state index contributed by atoms with van der Waals surface area (Å²) in [5.41, 5.74) is -1.14. The highest BCUT2D eigenvalue weighted by Crippen LogP contribution is 2.37. The van der Waals surface area contributed by atoms with Gasteiger partial charge in [-0.25, -0.2) is 14.3 Å². The number of amides is 1. The quantitative estimate of drug-likeness (QED) is 0.283. The van der Waals surface area contributed by atoms with Crippen LogP contribution in [0.4, 0.5) is 0 Å². The SMILES string of the molecule is Cc1c(-c2ncco2)sc2c1c(=O)n(C(C)(C)C(=O)N1CCC1)c(=O)n2C[C@H](OC1CCOCC1)c1ccccc1Cl. The lowest BCUT2D eigenvalue weighted by molar-refractivity contribution is -0.143. The number of aryl methyl sites for hydroxylation is 1. The maximum absolute atomic E-state index is 14.4. The van der Waals surface area contributed by atoms with E-state index in [1.54, 1.807) is 29.4 Å². The van der Waals surface area contributed by atoms with Crippen molar-refractivity contribution in [3.8, 4) is 10.8 Å². The lowest BCUT2D eigenvalue weighted by Gasteiger charge is -2.38. The van der Waals surface area contributed by atoms with E-state index in [0.29, 0.717) is 70.7 Å². The molecule has 0 unspecified atom stereocenters. The highest BCUT2D eigenvalue weighted by molar-refractivity contribution is 7.22. The summed E-state index contributed by atoms with van der Waals surface area (Å²) in [6.07, 6.45) is 4.64. The molecule has 1 amide bonds. The number of likely N-dealkylation sites (tertiary alicyclic amines) is 1. The molecule has 0 N–H and O–H groups in total. The second-order valence-electron chi connectivity index (χ2n) is 11.3. The molecular formula is C30H33ClN4O6S. The van der Waals surface area contributed by atoms with E-state index in [4.69, 9.17) is 25.5 Å². The fourth-order valence-corrected chi connectivity index (χ4v) is 7.20. The van der Waals surface area contributed by atoms with E-state index < -0.39 is 22.9 Å². The predicted molar refractivity (Wildman–Crippen MR) is 160 cm³/mol. The topological polar surface area (TPSA) is 109 Å². The summed E-state index contributed by atoms with van der Waals surface area (Å²) >= 11 is 7.93. The molecule has 0 bridgehead atoms. The molecule has 222 valence electrons. The number of oxazole rings is 1. The molecule has 4 aromatic rings. The third kappa shape index (κ3) is 5.02. The van der Waals surface area contributed by atoms with Crippen LogP contribution < -0.4 is 11.2 Å². The lowest BCUT2D eigenvalue weighted by atomic mass is 10.00. The number of thiophene rings is 1. The number of hydrogen-bond donors (Lipinski definition) is 0. The van der Waals surface area contributed by atoms with Crippen molar-refractivity contribution in [2.24, 2.45) is 0 Å². The van der Waals surface area contributed by atoms with Gasteiger partial charge >= 0.3 is 5.69 Å². The molecule has 6 rings (SSSR count). The van der Waals surface area contributed by atoms with Gasteiger partial charge in [-0.05, 0) is 51.7 Å². The van der Waals surface area contributed by atoms with Gasteiger partial charge in [-0.2, -0.15) is 0 Å². The molecule has 3 aromatic heterocycles. The van der Waals surface area contributed by atoms with Crippen molar-refractivity contribution in [1.29, 1.82) is 0 Å². The number of carbonyl (C=O) groups is 1. The first kappa shape index (κ1) is 28.9. The lowest BCUT2D eigenvalue weighted by Crippen LogP contribution is -2.59. The van der Waals surface area contributed by atoms with Gasteiger partial charge < -0.3 is 18.8 Å². The van der Waals surface area contributed by atoms with Crippen LogP contribution in [-0.4, -0.2) is 57.3 Å². The molecule has 2 fully saturated rings. The molecule has 1 aromatic carbocycles. The van der Waals surface area contributed by atoms with Gasteiger partial charge in [0.25, 0.3) is 5.56 Å². The minimum absolute atomic E-state index is 0.0790. The van der Waals surface area contributed by atoms with E-state index in [1.807, 2.05) is 25.1 Å². The Hall–Kier alpha value is -3.25. The number of carbonyl (C=O) groups excluding carboxylic acids is 1. The van der Waals surface area contributed by atoms with E-state index in [1.165, 1.54) is 23.8 Å². The summed E-state index contributed by atoms with van der Waals surface area (Å²) < 4.78 is 20.4. The van der Waals surface area contributed by atoms with Crippen molar-refractivity contribution in [2.45, 2.75) is 64.3 Å². The number of hydrogen-bond acceptors (Lipinski definition) is 8. The van der Waals surface area contributed by atoms with Crippen LogP contribution in [0.15, 0.2) is 50.7 Å². The van der Waals surface area contributed by atoms with Crippen LogP contribution in [0, 0.1) is 6.92 Å². The van der Waals surface area contributed by atoms with Crippen molar-refractivity contribution in [3.63, 3.8) is 0 Å². The molecule has 42 heavy (non-hydrogen) atoms. The highest BCUT2D eigenvalue weighted by Gasteiger charge is 2.40. The van der Waals surface area contributed by atoms with Gasteiger partial charge in [-0.15, -0.1) is 11.3 Å². The van der Waals surface area contributed by atoms with Crippen molar-refractivity contribution in [1.82, 2.24) is 19.0 Å². The second kappa shape index (κ2) is 11.4. The van der Waals surface area contributed by atoms with Gasteiger partial charge in [0.15, 0.2) is 0 Å². The molecule has 2 aliphatic heterocycles. The smallest absolute Gasteiger partial charge is 0.333 e. The zero-order valence-electron chi connectivity index (χ0n) is 23.8. The van der Waals surface area contributed by atoms with Crippen LogP contribution in [-0.2, 0) is 26.4 Å². The Kier molecular flexibility index (Phi) is 7.86. The highest BCUT2D eigenvalue weighted by atomic mass is 35.5. The van der Waals surface area contributed by atoms with E-state index in [0.717, 1.165) is 16.6 Å². The molecule has 2 aliphatic rings. The monoisotopic (exact) mass is 612 g/mol. The van der Waals surface area contributed by atoms with Gasteiger partial charge in [0, 0.05) is 36.9 Å². The fourth-order valence-electron chi connectivity index (χ4n) is 5.70. The molecule has 10 nitrogen and oxygen atoms in total. The van der Waals surface area contributed by atoms with Crippen LogP contribution in [0.2, 0.25) is 5.02 Å². The molecule has 0 saturated carbocycles. The number of ether oxygens (including phenoxy) is 2. The minimum Gasteiger partial charge on any atom is -0.444 e. The summed E-state index contributed by atoms with van der Waals surface area (Å²) in [5, 5.41) is 0.865. The largest absolute Gasteiger partial charge is 0.444 e. The third-order valence-electron chi connectivity index (χ3n) is 8.19. The van der Waals surface area contributed by atoms with Crippen LogP contribution >= 0.6 is 22.9 Å². The fraction of sp³-hybridized carbons (Fsp3) is 0.467. The number of fused-ring (bicyclic) bond motifs is 1. The van der Waals surface area contributed by atoms with Crippen LogP contribution in [0.25, 0.3) is 21.0 Å². The van der Waals surface area contributed by atoms with Crippen molar-refractivity contribution in [3.05, 3.63) is 73.7 Å². The van der Waals surface area contributed by atoms with E-state index in [9.17, 15) is 14.4 Å². The summed E-state index contributed by atoms with van der Waals surface area (Å²) in [6.45, 7) is 7.54. The van der Waals surface area contributed by atoms with Crippen molar-refractivity contribution < 1.29 is 18.7 Å². The Morgan fingerprint density at radius 1 is 1.21 bits per heavy atom. The van der Waals surface area contributed by atoms with Crippen molar-refractivity contribution in [2.75, 3.05) is 26.3 Å². The molecule has 0 spiro atoms. The molecule has 2 saturated heterocycles. The molecule has 1 atom stereocenters.